The van der Waals surface area contributed by atoms with Crippen LogP contribution in [-0.2, 0) is 0 Å². The van der Waals surface area contributed by atoms with Gasteiger partial charge in [-0.05, 0) is 43.9 Å². The Morgan fingerprint density at radius 1 is 0.947 bits per heavy atom. The van der Waals surface area contributed by atoms with E-state index in [4.69, 9.17) is 0 Å². The van der Waals surface area contributed by atoms with Crippen LogP contribution in [0.4, 0.5) is 0 Å². The molecule has 1 rings (SSSR count). The minimum atomic E-state index is -0.444. The lowest BCUT2D eigenvalue weighted by Crippen LogP contribution is -2.33. The molecule has 1 nitrogen and oxygen atoms in total. The van der Waals surface area contributed by atoms with E-state index in [1.54, 1.807) is 0 Å². The molecule has 0 spiro atoms. The number of rotatable bonds is 1. The molecule has 0 aromatic heterocycles. The molecule has 0 amide bonds. The van der Waals surface area contributed by atoms with Gasteiger partial charge in [-0.1, -0.05) is 53.9 Å². The smallest absolute Gasteiger partial charge is 0.0619 e. The van der Waals surface area contributed by atoms with Crippen LogP contribution in [0.2, 0.25) is 0 Å². The first kappa shape index (κ1) is 21.0. The summed E-state index contributed by atoms with van der Waals surface area (Å²) in [6.45, 7) is 21.1. The van der Waals surface area contributed by atoms with Gasteiger partial charge in [-0.15, -0.1) is 13.2 Å². The highest BCUT2D eigenvalue weighted by atomic mass is 16.3. The lowest BCUT2D eigenvalue weighted by Gasteiger charge is -2.34. The molecule has 0 atom stereocenters. The second-order valence-corrected chi connectivity index (χ2v) is 7.52. The molecule has 1 aliphatic carbocycles. The van der Waals surface area contributed by atoms with Gasteiger partial charge in [0.2, 0.25) is 0 Å². The van der Waals surface area contributed by atoms with Crippen LogP contribution in [0.15, 0.2) is 13.2 Å². The molecule has 1 fully saturated rings. The summed E-state index contributed by atoms with van der Waals surface area (Å²) in [6.07, 6.45) is 6.30. The van der Waals surface area contributed by atoms with Crippen LogP contribution in [0.3, 0.4) is 0 Å². The molecule has 0 aromatic rings. The Bertz CT molecular complexity index is 199. The Labute approximate surface area is 122 Å². The molecule has 1 aliphatic rings. The van der Waals surface area contributed by atoms with Gasteiger partial charge in [0, 0.05) is 0 Å². The third-order valence-electron chi connectivity index (χ3n) is 4.08. The zero-order valence-electron chi connectivity index (χ0n) is 14.6. The van der Waals surface area contributed by atoms with Crippen molar-refractivity contribution in [2.24, 2.45) is 17.3 Å². The van der Waals surface area contributed by atoms with E-state index in [-0.39, 0.29) is 0 Å². The van der Waals surface area contributed by atoms with E-state index in [0.717, 1.165) is 5.92 Å². The summed E-state index contributed by atoms with van der Waals surface area (Å²) in [4.78, 5) is 0. The van der Waals surface area contributed by atoms with Crippen molar-refractivity contribution < 1.29 is 5.11 Å². The fraction of sp³-hybridized carbons (Fsp3) is 0.889. The average molecular weight is 271 g/mol. The highest BCUT2D eigenvalue weighted by Crippen LogP contribution is 2.34. The van der Waals surface area contributed by atoms with Crippen LogP contribution < -0.4 is 0 Å². The molecule has 0 radical (unpaired) electrons. The first-order valence-electron chi connectivity index (χ1n) is 7.78. The third kappa shape index (κ3) is 12.5. The van der Waals surface area contributed by atoms with Gasteiger partial charge in [0.05, 0.1) is 5.60 Å². The van der Waals surface area contributed by atoms with Gasteiger partial charge >= 0.3 is 0 Å². The quantitative estimate of drug-likeness (QED) is 0.594. The fourth-order valence-electron chi connectivity index (χ4n) is 1.97. The van der Waals surface area contributed by atoms with E-state index in [9.17, 15) is 5.11 Å². The Morgan fingerprint density at radius 2 is 1.26 bits per heavy atom. The molecule has 0 aliphatic heterocycles. The van der Waals surface area contributed by atoms with Crippen LogP contribution >= 0.6 is 0 Å². The van der Waals surface area contributed by atoms with E-state index < -0.39 is 5.60 Å². The summed E-state index contributed by atoms with van der Waals surface area (Å²) in [5.41, 5.74) is 0.0974. The maximum Gasteiger partial charge on any atom is 0.0619 e. The molecule has 116 valence electrons. The summed E-state index contributed by atoms with van der Waals surface area (Å²) in [6, 6.07) is 0. The first-order valence-corrected chi connectivity index (χ1v) is 7.78. The summed E-state index contributed by atoms with van der Waals surface area (Å²) in [5, 5.41) is 9.73. The second kappa shape index (κ2) is 9.58. The van der Waals surface area contributed by atoms with Crippen molar-refractivity contribution in [1.29, 1.82) is 0 Å². The molecule has 19 heavy (non-hydrogen) atoms. The molecular weight excluding hydrogens is 232 g/mol. The van der Waals surface area contributed by atoms with Crippen LogP contribution in [0.25, 0.3) is 0 Å². The fourth-order valence-corrected chi connectivity index (χ4v) is 1.97. The molecule has 1 saturated carbocycles. The molecule has 0 aromatic carbocycles. The van der Waals surface area contributed by atoms with Crippen LogP contribution in [0.5, 0.6) is 0 Å². The molecule has 0 bridgehead atoms. The first-order chi connectivity index (χ1) is 8.56. The maximum atomic E-state index is 9.73. The Hall–Kier alpha value is -0.300. The van der Waals surface area contributed by atoms with Crippen molar-refractivity contribution in [3.8, 4) is 0 Å². The summed E-state index contributed by atoms with van der Waals surface area (Å²) < 4.78 is 0. The molecule has 1 heteroatoms. The Balaban J connectivity index is 0. The summed E-state index contributed by atoms with van der Waals surface area (Å²) >= 11 is 0. The van der Waals surface area contributed by atoms with Crippen LogP contribution in [0.1, 0.15) is 80.6 Å². The molecule has 0 saturated heterocycles. The van der Waals surface area contributed by atoms with Crippen LogP contribution in [0, 0.1) is 17.3 Å². The van der Waals surface area contributed by atoms with Gasteiger partial charge < -0.3 is 5.11 Å². The Kier molecular flexibility index (Phi) is 10.6. The highest BCUT2D eigenvalue weighted by Gasteiger charge is 2.29. The van der Waals surface area contributed by atoms with E-state index >= 15 is 0 Å². The van der Waals surface area contributed by atoms with E-state index in [0.29, 0.717) is 11.3 Å². The highest BCUT2D eigenvalue weighted by molar-refractivity contribution is 4.81. The zero-order chi connectivity index (χ0) is 15.7. The van der Waals surface area contributed by atoms with E-state index in [1.165, 1.54) is 32.1 Å². The van der Waals surface area contributed by atoms with Gasteiger partial charge in [0.1, 0.15) is 0 Å². The Morgan fingerprint density at radius 3 is 1.47 bits per heavy atom. The monoisotopic (exact) mass is 270 g/mol. The number of aliphatic hydroxyl groups is 1. The molecular formula is C18H38O. The van der Waals surface area contributed by atoms with Gasteiger partial charge in [-0.2, -0.15) is 0 Å². The average Bonchev–Trinajstić information content (AvgIpc) is 2.31. The predicted octanol–water partition coefficient (Wildman–Crippen LogP) is 5.83. The van der Waals surface area contributed by atoms with Gasteiger partial charge in [-0.25, -0.2) is 0 Å². The lowest BCUT2D eigenvalue weighted by molar-refractivity contribution is -0.00466. The van der Waals surface area contributed by atoms with Crippen molar-refractivity contribution >= 4 is 0 Å². The van der Waals surface area contributed by atoms with Gasteiger partial charge in [0.15, 0.2) is 0 Å². The van der Waals surface area contributed by atoms with Crippen molar-refractivity contribution in [1.82, 2.24) is 0 Å². The van der Waals surface area contributed by atoms with Crippen molar-refractivity contribution in [2.45, 2.75) is 86.2 Å². The number of hydrogen-bond donors (Lipinski definition) is 1. The molecule has 0 heterocycles. The van der Waals surface area contributed by atoms with Gasteiger partial charge in [0.25, 0.3) is 0 Å². The van der Waals surface area contributed by atoms with Crippen molar-refractivity contribution in [3.63, 3.8) is 0 Å². The second-order valence-electron chi connectivity index (χ2n) is 7.52. The summed E-state index contributed by atoms with van der Waals surface area (Å²) in [5.74, 6) is 1.42. The lowest BCUT2D eigenvalue weighted by atomic mass is 9.75. The van der Waals surface area contributed by atoms with E-state index in [2.05, 4.69) is 47.8 Å². The largest absolute Gasteiger partial charge is 0.390 e. The standard InChI is InChI=1S/C10H20O.C6H14.C2H4/c1-8-4-6-9(7-5-8)10(2,3)11;1-5-6(2,3)4;1-2/h8-9,11H,4-7H2,1-3H3;5H2,1-4H3;1-2H2. The van der Waals surface area contributed by atoms with Crippen LogP contribution in [-0.4, -0.2) is 10.7 Å². The SMILES string of the molecule is C=C.CC1CCC(C(C)(C)O)CC1.CCC(C)(C)C. The minimum absolute atomic E-state index is 0.444. The molecule has 1 N–H and O–H groups in total. The third-order valence-corrected chi connectivity index (χ3v) is 4.08. The topological polar surface area (TPSA) is 20.2 Å². The minimum Gasteiger partial charge on any atom is -0.390 e. The normalized spacial score (nSPS) is 23.6. The van der Waals surface area contributed by atoms with Crippen molar-refractivity contribution in [2.75, 3.05) is 0 Å². The maximum absolute atomic E-state index is 9.73. The van der Waals surface area contributed by atoms with E-state index in [1.807, 2.05) is 13.8 Å². The summed E-state index contributed by atoms with van der Waals surface area (Å²) in [7, 11) is 0. The zero-order valence-corrected chi connectivity index (χ0v) is 14.6. The van der Waals surface area contributed by atoms with Gasteiger partial charge in [-0.3, -0.25) is 0 Å². The van der Waals surface area contributed by atoms with Crippen molar-refractivity contribution in [3.05, 3.63) is 13.2 Å². The molecule has 0 unspecified atom stereocenters. The number of hydrogen-bond acceptors (Lipinski definition) is 1. The predicted molar refractivity (Wildman–Crippen MR) is 88.4 cm³/mol.